The third-order valence-electron chi connectivity index (χ3n) is 8.75. The Morgan fingerprint density at radius 3 is 2.14 bits per heavy atom. The van der Waals surface area contributed by atoms with E-state index in [-0.39, 0.29) is 42.2 Å². The maximum absolute atomic E-state index is 14.1. The highest BCUT2D eigenvalue weighted by molar-refractivity contribution is 5.91. The molecule has 2 N–H and O–H groups in total. The second-order valence-corrected chi connectivity index (χ2v) is 13.8. The lowest BCUT2D eigenvalue weighted by Crippen LogP contribution is -2.62. The maximum atomic E-state index is 14.1. The van der Waals surface area contributed by atoms with Crippen LogP contribution in [0, 0.1) is 11.3 Å². The minimum absolute atomic E-state index is 0.0829. The molecular formula is C33H55N5O5. The Labute approximate surface area is 258 Å². The number of carbonyl (C=O) groups is 4. The number of methoxy groups -OCH3 is 1. The van der Waals surface area contributed by atoms with Crippen molar-refractivity contribution in [3.63, 3.8) is 0 Å². The number of ether oxygens (including phenoxy) is 1. The van der Waals surface area contributed by atoms with Crippen LogP contribution in [0.2, 0.25) is 0 Å². The molecule has 43 heavy (non-hydrogen) atoms. The highest BCUT2D eigenvalue weighted by Gasteiger charge is 2.42. The molecule has 0 aliphatic carbocycles. The number of amides is 3. The second kappa shape index (κ2) is 15.1. The van der Waals surface area contributed by atoms with Crippen molar-refractivity contribution < 1.29 is 23.9 Å². The number of hydrogen-bond acceptors (Lipinski definition) is 7. The van der Waals surface area contributed by atoms with Crippen molar-refractivity contribution in [2.75, 3.05) is 47.9 Å². The first-order valence-electron chi connectivity index (χ1n) is 15.3. The predicted octanol–water partition coefficient (Wildman–Crippen LogP) is 2.66. The SMILES string of the molecule is CN[C@H](C(=O)N[C@H](C(=O)N(C)[C@H](CN(C)CC(=O)N1CCC[C@@H]1C(=O)OC)C(C)C)C(C)(C)C)C(C)(C)c1ccccc1. The van der Waals surface area contributed by atoms with E-state index in [2.05, 4.69) is 10.6 Å². The third-order valence-corrected chi connectivity index (χ3v) is 8.75. The fraction of sp³-hybridized carbons (Fsp3) is 0.697. The molecule has 10 nitrogen and oxygen atoms in total. The van der Waals surface area contributed by atoms with Gasteiger partial charge in [-0.2, -0.15) is 0 Å². The van der Waals surface area contributed by atoms with Crippen molar-refractivity contribution in [3.05, 3.63) is 35.9 Å². The average Bonchev–Trinajstić information content (AvgIpc) is 3.44. The van der Waals surface area contributed by atoms with E-state index in [0.717, 1.165) is 12.0 Å². The smallest absolute Gasteiger partial charge is 0.328 e. The summed E-state index contributed by atoms with van der Waals surface area (Å²) in [5.74, 6) is -0.864. The van der Waals surface area contributed by atoms with Gasteiger partial charge in [0.25, 0.3) is 0 Å². The van der Waals surface area contributed by atoms with Crippen LogP contribution in [-0.4, -0.2) is 110 Å². The van der Waals surface area contributed by atoms with Crippen molar-refractivity contribution in [3.8, 4) is 0 Å². The van der Waals surface area contributed by atoms with Crippen molar-refractivity contribution >= 4 is 23.7 Å². The molecule has 0 bridgehead atoms. The number of rotatable bonds is 13. The summed E-state index contributed by atoms with van der Waals surface area (Å²) in [5.41, 5.74) is -0.0715. The molecule has 1 aromatic rings. The highest BCUT2D eigenvalue weighted by Crippen LogP contribution is 2.29. The van der Waals surface area contributed by atoms with Gasteiger partial charge in [0.05, 0.1) is 19.7 Å². The molecule has 1 fully saturated rings. The van der Waals surface area contributed by atoms with Gasteiger partial charge in [-0.25, -0.2) is 4.79 Å². The van der Waals surface area contributed by atoms with Crippen LogP contribution in [0.15, 0.2) is 30.3 Å². The summed E-state index contributed by atoms with van der Waals surface area (Å²) < 4.78 is 4.89. The average molecular weight is 602 g/mol. The fourth-order valence-corrected chi connectivity index (χ4v) is 6.03. The molecule has 3 amide bonds. The van der Waals surface area contributed by atoms with Crippen LogP contribution in [0.4, 0.5) is 0 Å². The first-order valence-corrected chi connectivity index (χ1v) is 15.3. The Morgan fingerprint density at radius 2 is 1.63 bits per heavy atom. The Bertz CT molecular complexity index is 1100. The van der Waals surface area contributed by atoms with E-state index in [0.29, 0.717) is 19.5 Å². The molecule has 0 radical (unpaired) electrons. The first-order chi connectivity index (χ1) is 20.0. The number of likely N-dealkylation sites (N-methyl/N-ethyl adjacent to an activating group) is 3. The normalized spacial score (nSPS) is 17.9. The molecule has 0 spiro atoms. The molecule has 1 aromatic carbocycles. The topological polar surface area (TPSA) is 111 Å². The largest absolute Gasteiger partial charge is 0.467 e. The lowest BCUT2D eigenvalue weighted by Gasteiger charge is -2.41. The Morgan fingerprint density at radius 1 is 1.02 bits per heavy atom. The van der Waals surface area contributed by atoms with E-state index in [9.17, 15) is 19.2 Å². The number of likely N-dealkylation sites (tertiary alicyclic amines) is 1. The number of esters is 1. The van der Waals surface area contributed by atoms with Crippen molar-refractivity contribution in [2.45, 2.75) is 90.9 Å². The molecule has 0 aromatic heterocycles. The lowest BCUT2D eigenvalue weighted by atomic mass is 9.76. The van der Waals surface area contributed by atoms with Crippen LogP contribution in [0.5, 0.6) is 0 Å². The zero-order valence-electron chi connectivity index (χ0n) is 28.2. The van der Waals surface area contributed by atoms with E-state index < -0.39 is 29.0 Å². The van der Waals surface area contributed by atoms with Gasteiger partial charge in [-0.3, -0.25) is 19.3 Å². The summed E-state index contributed by atoms with van der Waals surface area (Å²) in [5, 5.41) is 6.27. The summed E-state index contributed by atoms with van der Waals surface area (Å²) >= 11 is 0. The zero-order chi connectivity index (χ0) is 32.7. The van der Waals surface area contributed by atoms with Gasteiger partial charge in [0.2, 0.25) is 17.7 Å². The standard InChI is InChI=1S/C33H55N5O5/c1-22(2)25(20-36(9)21-26(39)38-19-15-18-24(38)31(42)43-11)37(10)30(41)28(32(3,4)5)35-29(40)27(34-8)33(6,7)23-16-13-12-14-17-23/h12-14,16-17,22,24-25,27-28,34H,15,18-21H2,1-11H3,(H,35,40)/t24-,25-,27-,28-/m1/s1. The van der Waals surface area contributed by atoms with Crippen molar-refractivity contribution in [1.29, 1.82) is 0 Å². The monoisotopic (exact) mass is 601 g/mol. The van der Waals surface area contributed by atoms with Gasteiger partial charge >= 0.3 is 5.97 Å². The Kier molecular flexibility index (Phi) is 12.8. The Hall–Kier alpha value is -2.98. The maximum Gasteiger partial charge on any atom is 0.328 e. The van der Waals surface area contributed by atoms with Crippen LogP contribution in [0.3, 0.4) is 0 Å². The molecule has 242 valence electrons. The summed E-state index contributed by atoms with van der Waals surface area (Å²) in [4.78, 5) is 58.4. The number of carbonyl (C=O) groups excluding carboxylic acids is 4. The summed E-state index contributed by atoms with van der Waals surface area (Å²) in [7, 11) is 6.72. The van der Waals surface area contributed by atoms with Gasteiger partial charge in [0.15, 0.2) is 0 Å². The third kappa shape index (κ3) is 9.01. The molecule has 0 unspecified atom stereocenters. The van der Waals surface area contributed by atoms with Crippen LogP contribution < -0.4 is 10.6 Å². The minimum atomic E-state index is -0.772. The van der Waals surface area contributed by atoms with Gasteiger partial charge < -0.3 is 25.2 Å². The minimum Gasteiger partial charge on any atom is -0.467 e. The van der Waals surface area contributed by atoms with E-state index >= 15 is 0 Å². The van der Waals surface area contributed by atoms with Crippen LogP contribution in [0.1, 0.15) is 66.9 Å². The Balaban J connectivity index is 2.20. The van der Waals surface area contributed by atoms with E-state index in [1.165, 1.54) is 7.11 Å². The van der Waals surface area contributed by atoms with Crippen LogP contribution >= 0.6 is 0 Å². The number of benzene rings is 1. The second-order valence-electron chi connectivity index (χ2n) is 13.8. The van der Waals surface area contributed by atoms with Crippen LogP contribution in [0.25, 0.3) is 0 Å². The van der Waals surface area contributed by atoms with Gasteiger partial charge in [0, 0.05) is 31.6 Å². The fourth-order valence-electron chi connectivity index (χ4n) is 6.03. The molecule has 1 aliphatic rings. The molecule has 2 rings (SSSR count). The molecule has 10 heteroatoms. The highest BCUT2D eigenvalue weighted by atomic mass is 16.5. The molecule has 1 heterocycles. The van der Waals surface area contributed by atoms with E-state index in [4.69, 9.17) is 4.74 Å². The van der Waals surface area contributed by atoms with Gasteiger partial charge in [-0.15, -0.1) is 0 Å². The summed E-state index contributed by atoms with van der Waals surface area (Å²) in [6.45, 7) is 15.1. The number of hydrogen-bond donors (Lipinski definition) is 2. The van der Waals surface area contributed by atoms with Crippen molar-refractivity contribution in [2.24, 2.45) is 11.3 Å². The summed E-state index contributed by atoms with van der Waals surface area (Å²) in [6, 6.07) is 7.76. The van der Waals surface area contributed by atoms with Gasteiger partial charge in [-0.1, -0.05) is 78.8 Å². The molecular weight excluding hydrogens is 546 g/mol. The predicted molar refractivity (Wildman–Crippen MR) is 169 cm³/mol. The number of nitrogens with zero attached hydrogens (tertiary/aromatic N) is 3. The quantitative estimate of drug-likeness (QED) is 0.335. The first kappa shape index (κ1) is 36.2. The molecule has 1 aliphatic heterocycles. The van der Waals surface area contributed by atoms with Crippen molar-refractivity contribution in [1.82, 2.24) is 25.3 Å². The molecule has 1 saturated heterocycles. The van der Waals surface area contributed by atoms with E-state index in [1.54, 1.807) is 23.9 Å². The molecule has 4 atom stereocenters. The van der Waals surface area contributed by atoms with Gasteiger partial charge in [0.1, 0.15) is 12.1 Å². The zero-order valence-corrected chi connectivity index (χ0v) is 28.2. The van der Waals surface area contributed by atoms with Gasteiger partial charge in [-0.05, 0) is 43.8 Å². The van der Waals surface area contributed by atoms with E-state index in [1.807, 2.05) is 90.7 Å². The summed E-state index contributed by atoms with van der Waals surface area (Å²) in [6.07, 6.45) is 1.36. The van der Waals surface area contributed by atoms with Crippen LogP contribution in [-0.2, 0) is 29.3 Å². The lowest BCUT2D eigenvalue weighted by molar-refractivity contribution is -0.151. The number of nitrogens with one attached hydrogen (secondary N) is 2. The molecule has 0 saturated carbocycles.